The van der Waals surface area contributed by atoms with E-state index in [1.165, 1.54) is 24.1 Å². The van der Waals surface area contributed by atoms with Gasteiger partial charge in [-0.2, -0.15) is 26.3 Å². The number of carboxylic acid groups (broad SMARTS) is 2. The third kappa shape index (κ3) is 11.4. The Bertz CT molecular complexity index is 1080. The van der Waals surface area contributed by atoms with Crippen molar-refractivity contribution in [1.82, 2.24) is 9.88 Å². The van der Waals surface area contributed by atoms with Crippen LogP contribution in [0.4, 0.5) is 32.0 Å². The molecule has 2 aliphatic rings. The van der Waals surface area contributed by atoms with Crippen LogP contribution in [0, 0.1) is 5.41 Å². The number of aliphatic carboxylic acids is 2. The van der Waals surface area contributed by atoms with Crippen LogP contribution in [0.15, 0.2) is 48.8 Å². The maximum Gasteiger partial charge on any atom is 0.490 e. The first kappa shape index (κ1) is 33.6. The van der Waals surface area contributed by atoms with E-state index in [4.69, 9.17) is 29.3 Å². The lowest BCUT2D eigenvalue weighted by Crippen LogP contribution is -2.50. The van der Waals surface area contributed by atoms with E-state index >= 15 is 0 Å². The summed E-state index contributed by atoms with van der Waals surface area (Å²) in [6.45, 7) is 6.83. The van der Waals surface area contributed by atoms with Gasteiger partial charge in [0.1, 0.15) is 5.75 Å². The maximum absolute atomic E-state index is 10.6. The summed E-state index contributed by atoms with van der Waals surface area (Å²) >= 11 is 0. The van der Waals surface area contributed by atoms with Crippen molar-refractivity contribution in [1.29, 1.82) is 0 Å². The molecule has 1 spiro atoms. The molecule has 1 aromatic heterocycles. The van der Waals surface area contributed by atoms with Crippen molar-refractivity contribution in [3.63, 3.8) is 0 Å². The number of hydrogen-bond donors (Lipinski definition) is 2. The molecular formula is C26H31F6N3O6. The molecule has 0 radical (unpaired) electrons. The van der Waals surface area contributed by atoms with Crippen molar-refractivity contribution in [2.75, 3.05) is 51.4 Å². The van der Waals surface area contributed by atoms with E-state index in [1.807, 2.05) is 30.6 Å². The van der Waals surface area contributed by atoms with Gasteiger partial charge in [0.2, 0.25) is 0 Å². The van der Waals surface area contributed by atoms with Gasteiger partial charge in [0, 0.05) is 37.8 Å². The monoisotopic (exact) mass is 595 g/mol. The molecule has 4 rings (SSSR count). The first-order valence-corrected chi connectivity index (χ1v) is 12.3. The standard InChI is InChI=1S/C22H29N3O2.2C2HF3O2/c1-26-21-7-5-19(6-8-21)15-24-11-3-9-22(16-24)17-25(12-13-27-18-22)20-4-2-10-23-14-20;2*3-2(4,5)1(6)7/h2,4-8,10,14H,3,9,11-13,15-18H2,1H3;2*(H,6,7). The van der Waals surface area contributed by atoms with E-state index in [-0.39, 0.29) is 5.41 Å². The van der Waals surface area contributed by atoms with Crippen LogP contribution in [0.25, 0.3) is 0 Å². The lowest BCUT2D eigenvalue weighted by Gasteiger charge is -2.44. The Morgan fingerprint density at radius 1 is 1.00 bits per heavy atom. The lowest BCUT2D eigenvalue weighted by atomic mass is 9.80. The van der Waals surface area contributed by atoms with Crippen LogP contribution in [0.2, 0.25) is 0 Å². The second kappa shape index (κ2) is 14.9. The molecule has 2 aliphatic heterocycles. The Morgan fingerprint density at radius 2 is 1.61 bits per heavy atom. The van der Waals surface area contributed by atoms with Crippen LogP contribution < -0.4 is 9.64 Å². The normalized spacial score (nSPS) is 19.6. The number of nitrogens with zero attached hydrogens (tertiary/aromatic N) is 3. The zero-order chi connectivity index (χ0) is 30.7. The highest BCUT2D eigenvalue weighted by atomic mass is 19.4. The van der Waals surface area contributed by atoms with E-state index in [9.17, 15) is 26.3 Å². The molecule has 2 fully saturated rings. The van der Waals surface area contributed by atoms with Gasteiger partial charge in [0.05, 0.1) is 32.2 Å². The van der Waals surface area contributed by atoms with Gasteiger partial charge in [-0.25, -0.2) is 9.59 Å². The molecule has 2 N–H and O–H groups in total. The molecule has 1 atom stereocenters. The van der Waals surface area contributed by atoms with Gasteiger partial charge >= 0.3 is 24.3 Å². The number of pyridine rings is 1. The summed E-state index contributed by atoms with van der Waals surface area (Å²) in [6, 6.07) is 12.6. The van der Waals surface area contributed by atoms with Crippen LogP contribution in [0.5, 0.6) is 5.75 Å². The highest BCUT2D eigenvalue weighted by Gasteiger charge is 2.40. The van der Waals surface area contributed by atoms with Crippen LogP contribution in [-0.4, -0.2) is 90.9 Å². The number of likely N-dealkylation sites (tertiary alicyclic amines) is 1. The lowest BCUT2D eigenvalue weighted by molar-refractivity contribution is -0.193. The van der Waals surface area contributed by atoms with Gasteiger partial charge in [0.25, 0.3) is 0 Å². The minimum absolute atomic E-state index is 0.192. The minimum Gasteiger partial charge on any atom is -0.497 e. The molecule has 0 saturated carbocycles. The topological polar surface area (TPSA) is 112 Å². The number of rotatable bonds is 4. The highest BCUT2D eigenvalue weighted by Crippen LogP contribution is 2.35. The molecule has 0 aliphatic carbocycles. The number of carboxylic acids is 2. The molecule has 228 valence electrons. The van der Waals surface area contributed by atoms with Gasteiger partial charge in [-0.3, -0.25) is 9.88 Å². The quantitative estimate of drug-likeness (QED) is 0.495. The summed E-state index contributed by atoms with van der Waals surface area (Å²) in [5, 5.41) is 14.2. The Kier molecular flexibility index (Phi) is 12.2. The van der Waals surface area contributed by atoms with Crippen molar-refractivity contribution >= 4 is 17.6 Å². The second-order valence-corrected chi connectivity index (χ2v) is 9.45. The van der Waals surface area contributed by atoms with Crippen LogP contribution >= 0.6 is 0 Å². The Balaban J connectivity index is 0.000000349. The van der Waals surface area contributed by atoms with E-state index < -0.39 is 24.3 Å². The summed E-state index contributed by atoms with van der Waals surface area (Å²) in [6.07, 6.45) is -3.91. The van der Waals surface area contributed by atoms with Gasteiger partial charge in [-0.15, -0.1) is 0 Å². The molecule has 9 nitrogen and oxygen atoms in total. The summed E-state index contributed by atoms with van der Waals surface area (Å²) in [5.41, 5.74) is 2.73. The number of ether oxygens (including phenoxy) is 2. The number of benzene rings is 1. The zero-order valence-electron chi connectivity index (χ0n) is 22.1. The molecular weight excluding hydrogens is 564 g/mol. The Morgan fingerprint density at radius 3 is 2.12 bits per heavy atom. The first-order chi connectivity index (χ1) is 19.1. The fourth-order valence-corrected chi connectivity index (χ4v) is 4.44. The summed E-state index contributed by atoms with van der Waals surface area (Å²) in [7, 11) is 1.71. The van der Waals surface area contributed by atoms with E-state index in [1.54, 1.807) is 7.11 Å². The molecule has 2 saturated heterocycles. The molecule has 0 amide bonds. The highest BCUT2D eigenvalue weighted by molar-refractivity contribution is 5.73. The zero-order valence-corrected chi connectivity index (χ0v) is 22.1. The molecule has 15 heteroatoms. The predicted molar refractivity (Wildman–Crippen MR) is 135 cm³/mol. The minimum atomic E-state index is -5.08. The number of piperidine rings is 1. The van der Waals surface area contributed by atoms with E-state index in [0.717, 1.165) is 51.7 Å². The largest absolute Gasteiger partial charge is 0.497 e. The van der Waals surface area contributed by atoms with Crippen molar-refractivity contribution in [3.05, 3.63) is 54.4 Å². The predicted octanol–water partition coefficient (Wildman–Crippen LogP) is 4.48. The van der Waals surface area contributed by atoms with Gasteiger partial charge in [-0.1, -0.05) is 12.1 Å². The SMILES string of the molecule is COc1ccc(CN2CCCC3(COCCN(c4cccnc4)C3)C2)cc1.O=C(O)C(F)(F)F.O=C(O)C(F)(F)F. The second-order valence-electron chi connectivity index (χ2n) is 9.45. The van der Waals surface area contributed by atoms with Crippen molar-refractivity contribution < 1.29 is 55.6 Å². The van der Waals surface area contributed by atoms with E-state index in [0.29, 0.717) is 0 Å². The number of halogens is 6. The third-order valence-corrected chi connectivity index (χ3v) is 6.24. The van der Waals surface area contributed by atoms with E-state index in [2.05, 4.69) is 33.0 Å². The maximum atomic E-state index is 10.6. The number of carbonyl (C=O) groups is 2. The Hall–Kier alpha value is -3.59. The van der Waals surface area contributed by atoms with Crippen molar-refractivity contribution in [2.24, 2.45) is 5.41 Å². The molecule has 1 aromatic carbocycles. The van der Waals surface area contributed by atoms with Crippen LogP contribution in [0.1, 0.15) is 18.4 Å². The van der Waals surface area contributed by atoms with Gasteiger partial charge in [-0.05, 0) is 49.2 Å². The number of aromatic nitrogens is 1. The third-order valence-electron chi connectivity index (χ3n) is 6.24. The average Bonchev–Trinajstić information content (AvgIpc) is 3.11. The molecule has 3 heterocycles. The summed E-state index contributed by atoms with van der Waals surface area (Å²) in [4.78, 5) is 27.1. The molecule has 0 bridgehead atoms. The number of methoxy groups -OCH3 is 1. The van der Waals surface area contributed by atoms with Crippen LogP contribution in [0.3, 0.4) is 0 Å². The smallest absolute Gasteiger partial charge is 0.490 e. The van der Waals surface area contributed by atoms with Crippen molar-refractivity contribution in [2.45, 2.75) is 31.7 Å². The average molecular weight is 596 g/mol. The fraction of sp³-hybridized carbons (Fsp3) is 0.500. The molecule has 2 aromatic rings. The number of alkyl halides is 6. The summed E-state index contributed by atoms with van der Waals surface area (Å²) < 4.78 is 74.8. The first-order valence-electron chi connectivity index (χ1n) is 12.3. The molecule has 1 unspecified atom stereocenters. The van der Waals surface area contributed by atoms with Crippen molar-refractivity contribution in [3.8, 4) is 5.75 Å². The molecule has 41 heavy (non-hydrogen) atoms. The fourth-order valence-electron chi connectivity index (χ4n) is 4.44. The van der Waals surface area contributed by atoms with Gasteiger partial charge in [0.15, 0.2) is 0 Å². The van der Waals surface area contributed by atoms with Crippen LogP contribution in [-0.2, 0) is 20.9 Å². The van der Waals surface area contributed by atoms with Gasteiger partial charge < -0.3 is 24.6 Å². The Labute approximate surface area is 232 Å². The number of anilines is 1. The summed E-state index contributed by atoms with van der Waals surface area (Å²) in [5.74, 6) is -4.60. The number of hydrogen-bond acceptors (Lipinski definition) is 7.